The molecule has 0 radical (unpaired) electrons. The number of rotatable bonds is 2. The summed E-state index contributed by atoms with van der Waals surface area (Å²) in [5.74, 6) is 0.806. The predicted octanol–water partition coefficient (Wildman–Crippen LogP) is 1.72. The summed E-state index contributed by atoms with van der Waals surface area (Å²) in [4.78, 5) is 0. The van der Waals surface area contributed by atoms with Gasteiger partial charge in [-0.15, -0.1) is 0 Å². The Morgan fingerprint density at radius 3 is 2.50 bits per heavy atom. The zero-order valence-electron chi connectivity index (χ0n) is 3.90. The van der Waals surface area contributed by atoms with Crippen LogP contribution in [0.5, 0.6) is 0 Å². The molecule has 0 amide bonds. The molecule has 0 heterocycles. The van der Waals surface area contributed by atoms with E-state index in [-0.39, 0.29) is 0 Å². The first-order chi connectivity index (χ1) is 2.81. The van der Waals surface area contributed by atoms with Crippen molar-refractivity contribution in [3.8, 4) is 0 Å². The van der Waals surface area contributed by atoms with E-state index < -0.39 is 0 Å². The fourth-order valence-corrected chi connectivity index (χ4v) is 0.250. The number of hydrogen-bond donors (Lipinski definition) is 0. The molecule has 1 atom stereocenters. The van der Waals surface area contributed by atoms with Gasteiger partial charge in [-0.25, -0.2) is 0 Å². The minimum atomic E-state index is 0.806. The molecular formula is C4H9OP. The lowest BCUT2D eigenvalue weighted by molar-refractivity contribution is 0.479. The van der Waals surface area contributed by atoms with Crippen molar-refractivity contribution in [2.75, 3.05) is 0 Å². The fourth-order valence-electron chi connectivity index (χ4n) is 0.0833. The Hall–Kier alpha value is -0.0300. The van der Waals surface area contributed by atoms with Crippen molar-refractivity contribution in [1.29, 1.82) is 0 Å². The van der Waals surface area contributed by atoms with Gasteiger partial charge >= 0.3 is 0 Å². The van der Waals surface area contributed by atoms with Gasteiger partial charge in [0.25, 0.3) is 0 Å². The van der Waals surface area contributed by atoms with Crippen molar-refractivity contribution in [3.05, 3.63) is 12.3 Å². The summed E-state index contributed by atoms with van der Waals surface area (Å²) in [5.41, 5.74) is 0. The highest BCUT2D eigenvalue weighted by molar-refractivity contribution is 7.10. The predicted molar refractivity (Wildman–Crippen MR) is 30.2 cm³/mol. The van der Waals surface area contributed by atoms with Crippen LogP contribution in [-0.4, -0.2) is 0 Å². The SMILES string of the molecule is C=C(CC)OP. The molecule has 0 rings (SSSR count). The van der Waals surface area contributed by atoms with Gasteiger partial charge in [-0.1, -0.05) is 13.5 Å². The average molecular weight is 104 g/mol. The molecule has 0 saturated heterocycles. The van der Waals surface area contributed by atoms with E-state index in [0.29, 0.717) is 0 Å². The summed E-state index contributed by atoms with van der Waals surface area (Å²) < 4.78 is 4.62. The minimum Gasteiger partial charge on any atom is -0.485 e. The van der Waals surface area contributed by atoms with Gasteiger partial charge in [-0.3, -0.25) is 0 Å². The van der Waals surface area contributed by atoms with E-state index in [4.69, 9.17) is 0 Å². The van der Waals surface area contributed by atoms with E-state index in [0.717, 1.165) is 12.2 Å². The standard InChI is InChI=1S/C4H9OP/c1-3-4(2)5-6/h2-3,6H2,1H3. The molecule has 2 heteroatoms. The van der Waals surface area contributed by atoms with Crippen LogP contribution in [0.15, 0.2) is 12.3 Å². The van der Waals surface area contributed by atoms with Crippen LogP contribution < -0.4 is 0 Å². The largest absolute Gasteiger partial charge is 0.485 e. The van der Waals surface area contributed by atoms with Crippen molar-refractivity contribution in [2.24, 2.45) is 0 Å². The maximum Gasteiger partial charge on any atom is 0.0917 e. The molecule has 0 fully saturated rings. The van der Waals surface area contributed by atoms with Crippen LogP contribution >= 0.6 is 9.47 Å². The second-order valence-electron chi connectivity index (χ2n) is 1.01. The fraction of sp³-hybridized carbons (Fsp3) is 0.500. The van der Waals surface area contributed by atoms with Gasteiger partial charge in [0.05, 0.1) is 15.2 Å². The molecule has 0 spiro atoms. The van der Waals surface area contributed by atoms with E-state index in [2.05, 4.69) is 20.6 Å². The summed E-state index contributed by atoms with van der Waals surface area (Å²) in [6.07, 6.45) is 0.892. The molecule has 0 saturated carbocycles. The molecule has 0 N–H and O–H groups in total. The smallest absolute Gasteiger partial charge is 0.0917 e. The molecule has 0 aromatic heterocycles. The monoisotopic (exact) mass is 104 g/mol. The van der Waals surface area contributed by atoms with Crippen LogP contribution in [0.1, 0.15) is 13.3 Å². The average Bonchev–Trinajstić information content (AvgIpc) is 1.65. The summed E-state index contributed by atoms with van der Waals surface area (Å²) in [6.45, 7) is 5.54. The molecule has 0 aliphatic rings. The van der Waals surface area contributed by atoms with E-state index in [1.807, 2.05) is 6.92 Å². The highest BCUT2D eigenvalue weighted by atomic mass is 31.0. The maximum atomic E-state index is 4.62. The molecule has 1 unspecified atom stereocenters. The van der Waals surface area contributed by atoms with Crippen molar-refractivity contribution >= 4 is 9.47 Å². The van der Waals surface area contributed by atoms with Crippen molar-refractivity contribution < 1.29 is 4.52 Å². The topological polar surface area (TPSA) is 9.23 Å². The molecule has 36 valence electrons. The Morgan fingerprint density at radius 1 is 2.00 bits per heavy atom. The molecule has 0 aromatic carbocycles. The molecule has 0 aliphatic carbocycles. The van der Waals surface area contributed by atoms with Crippen LogP contribution in [0.3, 0.4) is 0 Å². The summed E-state index contributed by atoms with van der Waals surface area (Å²) in [6, 6.07) is 0. The molecule has 0 bridgehead atoms. The molecule has 0 aliphatic heterocycles. The lowest BCUT2D eigenvalue weighted by atomic mass is 10.4. The third-order valence-corrected chi connectivity index (χ3v) is 0.894. The summed E-state index contributed by atoms with van der Waals surface area (Å²) in [5, 5.41) is 0. The normalized spacial score (nSPS) is 7.67. The van der Waals surface area contributed by atoms with E-state index in [1.54, 1.807) is 0 Å². The molecular weight excluding hydrogens is 95.0 g/mol. The van der Waals surface area contributed by atoms with Crippen LogP contribution in [0, 0.1) is 0 Å². The van der Waals surface area contributed by atoms with Gasteiger partial charge < -0.3 is 4.52 Å². The van der Waals surface area contributed by atoms with Gasteiger partial charge in [0, 0.05) is 6.42 Å². The van der Waals surface area contributed by atoms with Crippen LogP contribution in [0.4, 0.5) is 0 Å². The highest BCUT2D eigenvalue weighted by Crippen LogP contribution is 2.01. The molecule has 6 heavy (non-hydrogen) atoms. The van der Waals surface area contributed by atoms with Gasteiger partial charge in [0.2, 0.25) is 0 Å². The van der Waals surface area contributed by atoms with E-state index in [9.17, 15) is 0 Å². The second-order valence-corrected chi connectivity index (χ2v) is 1.25. The third kappa shape index (κ3) is 2.22. The zero-order valence-corrected chi connectivity index (χ0v) is 5.05. The summed E-state index contributed by atoms with van der Waals surface area (Å²) >= 11 is 0. The number of allylic oxidation sites excluding steroid dienone is 1. The van der Waals surface area contributed by atoms with Gasteiger partial charge in [-0.05, 0) is 0 Å². The Bertz CT molecular complexity index is 45.5. The Labute approximate surface area is 40.7 Å². The second kappa shape index (κ2) is 3.17. The van der Waals surface area contributed by atoms with E-state index >= 15 is 0 Å². The molecule has 1 nitrogen and oxygen atoms in total. The van der Waals surface area contributed by atoms with Crippen LogP contribution in [-0.2, 0) is 4.52 Å². The first-order valence-electron chi connectivity index (χ1n) is 1.85. The van der Waals surface area contributed by atoms with Crippen LogP contribution in [0.2, 0.25) is 0 Å². The number of hydrogen-bond acceptors (Lipinski definition) is 1. The molecule has 0 aromatic rings. The van der Waals surface area contributed by atoms with Gasteiger partial charge in [0.15, 0.2) is 0 Å². The third-order valence-electron chi connectivity index (χ3n) is 0.561. The quantitative estimate of drug-likeness (QED) is 0.383. The Morgan fingerprint density at radius 2 is 2.50 bits per heavy atom. The van der Waals surface area contributed by atoms with Crippen molar-refractivity contribution in [2.45, 2.75) is 13.3 Å². The Balaban J connectivity index is 2.99. The minimum absolute atomic E-state index is 0.806. The van der Waals surface area contributed by atoms with Gasteiger partial charge in [-0.2, -0.15) is 0 Å². The first-order valence-corrected chi connectivity index (χ1v) is 2.33. The summed E-state index contributed by atoms with van der Waals surface area (Å²) in [7, 11) is 2.14. The van der Waals surface area contributed by atoms with Crippen molar-refractivity contribution in [3.63, 3.8) is 0 Å². The highest BCUT2D eigenvalue weighted by Gasteiger charge is 1.78. The van der Waals surface area contributed by atoms with Crippen molar-refractivity contribution in [1.82, 2.24) is 0 Å². The first kappa shape index (κ1) is 5.97. The van der Waals surface area contributed by atoms with Gasteiger partial charge in [0.1, 0.15) is 0 Å². The maximum absolute atomic E-state index is 4.62. The Kier molecular flexibility index (Phi) is 3.16. The zero-order chi connectivity index (χ0) is 4.99. The lowest BCUT2D eigenvalue weighted by Crippen LogP contribution is -1.69. The van der Waals surface area contributed by atoms with E-state index in [1.165, 1.54) is 0 Å². The van der Waals surface area contributed by atoms with Crippen LogP contribution in [0.25, 0.3) is 0 Å². The lowest BCUT2D eigenvalue weighted by Gasteiger charge is -1.94.